The molecule has 2 rings (SSSR count). The van der Waals surface area contributed by atoms with Crippen molar-refractivity contribution < 1.29 is 32.2 Å². The normalized spacial score (nSPS) is 16.4. The molecule has 0 unspecified atom stereocenters. The summed E-state index contributed by atoms with van der Waals surface area (Å²) in [5.41, 5.74) is 0.0128. The molecule has 0 spiro atoms. The van der Waals surface area contributed by atoms with Gasteiger partial charge in [0.2, 0.25) is 10.0 Å². The first-order valence-electron chi connectivity index (χ1n) is 8.56. The molecule has 1 heterocycles. The molecular formula is C17H24N2O7S. The van der Waals surface area contributed by atoms with Crippen LogP contribution < -0.4 is 10.1 Å². The van der Waals surface area contributed by atoms with Crippen molar-refractivity contribution in [2.75, 3.05) is 40.0 Å². The molecule has 1 atom stereocenters. The standard InChI is InChI=1S/C17H24N2O7S/c1-4-18-16(20)12(2)26-17(21)13-5-6-14(24-3)15(11-13)27(22,23)19-7-9-25-10-8-19/h5-6,11-12H,4,7-10H2,1-3H3,(H,18,20)/t12-/m1/s1. The SMILES string of the molecule is CCNC(=O)[C@@H](C)OC(=O)c1ccc(OC)c(S(=O)(=O)N2CCOCC2)c1. The number of methoxy groups -OCH3 is 1. The van der Waals surface area contributed by atoms with E-state index in [1.54, 1.807) is 6.92 Å². The zero-order valence-electron chi connectivity index (χ0n) is 15.6. The average Bonchev–Trinajstić information content (AvgIpc) is 2.68. The van der Waals surface area contributed by atoms with E-state index in [9.17, 15) is 18.0 Å². The molecule has 0 radical (unpaired) electrons. The lowest BCUT2D eigenvalue weighted by molar-refractivity contribution is -0.128. The van der Waals surface area contributed by atoms with E-state index in [0.717, 1.165) is 0 Å². The topological polar surface area (TPSA) is 111 Å². The lowest BCUT2D eigenvalue weighted by atomic mass is 10.2. The molecule has 1 aliphatic rings. The lowest BCUT2D eigenvalue weighted by Crippen LogP contribution is -2.40. The Hall–Kier alpha value is -2.17. The van der Waals surface area contributed by atoms with Gasteiger partial charge < -0.3 is 19.5 Å². The van der Waals surface area contributed by atoms with Gasteiger partial charge in [-0.3, -0.25) is 4.79 Å². The highest BCUT2D eigenvalue weighted by Gasteiger charge is 2.30. The fraction of sp³-hybridized carbons (Fsp3) is 0.529. The van der Waals surface area contributed by atoms with Crippen LogP contribution in [0.2, 0.25) is 0 Å². The molecule has 10 heteroatoms. The van der Waals surface area contributed by atoms with E-state index < -0.39 is 28.0 Å². The molecule has 1 amide bonds. The number of nitrogens with zero attached hydrogens (tertiary/aromatic N) is 1. The Morgan fingerprint density at radius 3 is 2.56 bits per heavy atom. The second kappa shape index (κ2) is 9.16. The first-order valence-corrected chi connectivity index (χ1v) is 10.00. The third-order valence-corrected chi connectivity index (χ3v) is 5.91. The Bertz CT molecular complexity index is 788. The highest BCUT2D eigenvalue weighted by Crippen LogP contribution is 2.28. The van der Waals surface area contributed by atoms with Crippen molar-refractivity contribution in [1.82, 2.24) is 9.62 Å². The Balaban J connectivity index is 2.29. The fourth-order valence-electron chi connectivity index (χ4n) is 2.53. The predicted molar refractivity (Wildman–Crippen MR) is 96.1 cm³/mol. The zero-order valence-corrected chi connectivity index (χ0v) is 16.4. The first kappa shape index (κ1) is 21.1. The van der Waals surface area contributed by atoms with Crippen molar-refractivity contribution in [1.29, 1.82) is 0 Å². The summed E-state index contributed by atoms with van der Waals surface area (Å²) in [5, 5.41) is 2.55. The van der Waals surface area contributed by atoms with Crippen molar-refractivity contribution in [3.05, 3.63) is 23.8 Å². The highest BCUT2D eigenvalue weighted by atomic mass is 32.2. The van der Waals surface area contributed by atoms with E-state index in [4.69, 9.17) is 14.2 Å². The van der Waals surface area contributed by atoms with Crippen molar-refractivity contribution in [2.45, 2.75) is 24.8 Å². The van der Waals surface area contributed by atoms with Gasteiger partial charge in [-0.15, -0.1) is 0 Å². The van der Waals surface area contributed by atoms with Gasteiger partial charge in [-0.05, 0) is 32.0 Å². The number of carbonyl (C=O) groups is 2. The van der Waals surface area contributed by atoms with Gasteiger partial charge in [0.15, 0.2) is 6.10 Å². The van der Waals surface area contributed by atoms with E-state index in [2.05, 4.69) is 5.32 Å². The van der Waals surface area contributed by atoms with Crippen LogP contribution in [0.3, 0.4) is 0 Å². The van der Waals surface area contributed by atoms with Crippen LogP contribution in [-0.4, -0.2) is 70.7 Å². The number of carbonyl (C=O) groups excluding carboxylic acids is 2. The molecule has 150 valence electrons. The minimum atomic E-state index is -3.87. The molecule has 27 heavy (non-hydrogen) atoms. The lowest BCUT2D eigenvalue weighted by Gasteiger charge is -2.26. The average molecular weight is 400 g/mol. The van der Waals surface area contributed by atoms with Gasteiger partial charge in [0, 0.05) is 19.6 Å². The van der Waals surface area contributed by atoms with Gasteiger partial charge in [0.1, 0.15) is 10.6 Å². The van der Waals surface area contributed by atoms with E-state index >= 15 is 0 Å². The molecule has 1 N–H and O–H groups in total. The van der Waals surface area contributed by atoms with Gasteiger partial charge in [0.25, 0.3) is 5.91 Å². The second-order valence-electron chi connectivity index (χ2n) is 5.82. The van der Waals surface area contributed by atoms with Gasteiger partial charge in [-0.25, -0.2) is 13.2 Å². The van der Waals surface area contributed by atoms with Crippen LogP contribution in [0.4, 0.5) is 0 Å². The Kier molecular flexibility index (Phi) is 7.17. The summed E-state index contributed by atoms with van der Waals surface area (Å²) in [6.45, 7) is 4.63. The molecule has 1 aromatic carbocycles. The van der Waals surface area contributed by atoms with Crippen LogP contribution in [0.15, 0.2) is 23.1 Å². The van der Waals surface area contributed by atoms with Crippen molar-refractivity contribution >= 4 is 21.9 Å². The third-order valence-electron chi connectivity index (χ3n) is 3.99. The summed E-state index contributed by atoms with van der Waals surface area (Å²) >= 11 is 0. The zero-order chi connectivity index (χ0) is 20.0. The molecule has 0 bridgehead atoms. The van der Waals surface area contributed by atoms with Crippen LogP contribution in [0, 0.1) is 0 Å². The van der Waals surface area contributed by atoms with Crippen molar-refractivity contribution in [2.24, 2.45) is 0 Å². The summed E-state index contributed by atoms with van der Waals surface area (Å²) in [6, 6.07) is 3.99. The summed E-state index contributed by atoms with van der Waals surface area (Å²) in [4.78, 5) is 23.9. The van der Waals surface area contributed by atoms with Crippen LogP contribution in [0.1, 0.15) is 24.2 Å². The van der Waals surface area contributed by atoms with Gasteiger partial charge >= 0.3 is 5.97 Å². The van der Waals surface area contributed by atoms with Crippen LogP contribution in [-0.2, 0) is 24.3 Å². The summed E-state index contributed by atoms with van der Waals surface area (Å²) in [5.74, 6) is -1.11. The maximum atomic E-state index is 12.9. The van der Waals surface area contributed by atoms with E-state index in [1.807, 2.05) is 0 Å². The summed E-state index contributed by atoms with van der Waals surface area (Å²) < 4.78 is 42.6. The maximum absolute atomic E-state index is 12.9. The van der Waals surface area contributed by atoms with Crippen LogP contribution in [0.5, 0.6) is 5.75 Å². The molecular weight excluding hydrogens is 376 g/mol. The van der Waals surface area contributed by atoms with Gasteiger partial charge in [-0.2, -0.15) is 4.31 Å². The number of amides is 1. The second-order valence-corrected chi connectivity index (χ2v) is 7.73. The minimum Gasteiger partial charge on any atom is -0.495 e. The summed E-state index contributed by atoms with van der Waals surface area (Å²) in [6.07, 6.45) is -1.00. The number of benzene rings is 1. The number of ether oxygens (including phenoxy) is 3. The summed E-state index contributed by atoms with van der Waals surface area (Å²) in [7, 11) is -2.52. The molecule has 1 aliphatic heterocycles. The van der Waals surface area contributed by atoms with E-state index in [1.165, 1.54) is 36.5 Å². The number of likely N-dealkylation sites (N-methyl/N-ethyl adjacent to an activating group) is 1. The Labute approximate surface area is 158 Å². The minimum absolute atomic E-state index is 0.0128. The quantitative estimate of drug-likeness (QED) is 0.659. The smallest absolute Gasteiger partial charge is 0.338 e. The fourth-order valence-corrected chi connectivity index (χ4v) is 4.12. The van der Waals surface area contributed by atoms with Gasteiger partial charge in [0.05, 0.1) is 25.9 Å². The Morgan fingerprint density at radius 1 is 1.30 bits per heavy atom. The monoisotopic (exact) mass is 400 g/mol. The molecule has 9 nitrogen and oxygen atoms in total. The predicted octanol–water partition coefficient (Wildman–Crippen LogP) is 0.398. The van der Waals surface area contributed by atoms with Crippen molar-refractivity contribution in [3.63, 3.8) is 0 Å². The highest BCUT2D eigenvalue weighted by molar-refractivity contribution is 7.89. The number of nitrogens with one attached hydrogen (secondary N) is 1. The molecule has 0 saturated carbocycles. The molecule has 1 aromatic rings. The number of sulfonamides is 1. The van der Waals surface area contributed by atoms with E-state index in [-0.39, 0.29) is 29.3 Å². The molecule has 0 aliphatic carbocycles. The number of hydrogen-bond acceptors (Lipinski definition) is 7. The molecule has 1 fully saturated rings. The van der Waals surface area contributed by atoms with Gasteiger partial charge in [-0.1, -0.05) is 0 Å². The first-order chi connectivity index (χ1) is 12.8. The third kappa shape index (κ3) is 4.96. The molecule has 1 saturated heterocycles. The van der Waals surface area contributed by atoms with Crippen molar-refractivity contribution in [3.8, 4) is 5.75 Å². The van der Waals surface area contributed by atoms with Crippen LogP contribution in [0.25, 0.3) is 0 Å². The van der Waals surface area contributed by atoms with E-state index in [0.29, 0.717) is 19.8 Å². The number of hydrogen-bond donors (Lipinski definition) is 1. The molecule has 0 aromatic heterocycles. The van der Waals surface area contributed by atoms with Crippen LogP contribution >= 0.6 is 0 Å². The Morgan fingerprint density at radius 2 is 1.96 bits per heavy atom. The number of morpholine rings is 1. The number of rotatable bonds is 7. The number of esters is 1. The maximum Gasteiger partial charge on any atom is 0.338 e. The largest absolute Gasteiger partial charge is 0.495 e.